The minimum atomic E-state index is 1.23. The zero-order chi connectivity index (χ0) is 11.9. The second kappa shape index (κ2) is 5.86. The van der Waals surface area contributed by atoms with E-state index in [1.165, 1.54) is 16.7 Å². The van der Waals surface area contributed by atoms with Gasteiger partial charge in [-0.05, 0) is 29.7 Å². The molecule has 0 saturated carbocycles. The van der Waals surface area contributed by atoms with Crippen LogP contribution in [0, 0.1) is 0 Å². The Labute approximate surface area is 103 Å². The van der Waals surface area contributed by atoms with Gasteiger partial charge in [-0.2, -0.15) is 0 Å². The normalized spacial score (nSPS) is 11.9. The van der Waals surface area contributed by atoms with Crippen LogP contribution in [0.3, 0.4) is 0 Å². The summed E-state index contributed by atoms with van der Waals surface area (Å²) >= 11 is 0. The van der Waals surface area contributed by atoms with Crippen LogP contribution in [-0.2, 0) is 0 Å². The standard InChI is InChI=1S/C17H16/c1-2-9-17(16-12-7-4-8-13-16)14-15-10-5-3-6-11-15/h2-14H,1H3/b9-2-,17-14-. The van der Waals surface area contributed by atoms with Gasteiger partial charge in [-0.25, -0.2) is 0 Å². The summed E-state index contributed by atoms with van der Waals surface area (Å²) in [6.07, 6.45) is 6.42. The van der Waals surface area contributed by atoms with Gasteiger partial charge in [0.2, 0.25) is 0 Å². The first-order valence-corrected chi connectivity index (χ1v) is 5.85. The molecule has 0 heteroatoms. The topological polar surface area (TPSA) is 0 Å². The Balaban J connectivity index is 2.40. The molecule has 0 unspecified atom stereocenters. The highest BCUT2D eigenvalue weighted by Gasteiger charge is 1.96. The monoisotopic (exact) mass is 220 g/mol. The van der Waals surface area contributed by atoms with Crippen LogP contribution in [-0.4, -0.2) is 0 Å². The number of benzene rings is 2. The maximum absolute atomic E-state index is 2.20. The molecule has 0 aliphatic heterocycles. The average Bonchev–Trinajstić information content (AvgIpc) is 2.40. The van der Waals surface area contributed by atoms with E-state index in [9.17, 15) is 0 Å². The van der Waals surface area contributed by atoms with Crippen LogP contribution in [0.15, 0.2) is 72.8 Å². The van der Waals surface area contributed by atoms with Crippen molar-refractivity contribution in [2.75, 3.05) is 0 Å². The van der Waals surface area contributed by atoms with Crippen molar-refractivity contribution in [1.29, 1.82) is 0 Å². The van der Waals surface area contributed by atoms with Crippen LogP contribution < -0.4 is 0 Å². The third kappa shape index (κ3) is 3.18. The summed E-state index contributed by atoms with van der Waals surface area (Å²) in [6.45, 7) is 2.04. The maximum atomic E-state index is 2.20. The van der Waals surface area contributed by atoms with Crippen LogP contribution in [0.25, 0.3) is 11.6 Å². The van der Waals surface area contributed by atoms with Gasteiger partial charge < -0.3 is 0 Å². The van der Waals surface area contributed by atoms with Crippen molar-refractivity contribution in [2.24, 2.45) is 0 Å². The molecule has 17 heavy (non-hydrogen) atoms. The van der Waals surface area contributed by atoms with E-state index in [0.29, 0.717) is 0 Å². The van der Waals surface area contributed by atoms with Crippen molar-refractivity contribution in [2.45, 2.75) is 6.92 Å². The van der Waals surface area contributed by atoms with E-state index >= 15 is 0 Å². The van der Waals surface area contributed by atoms with Gasteiger partial charge in [-0.3, -0.25) is 0 Å². The summed E-state index contributed by atoms with van der Waals surface area (Å²) in [5.74, 6) is 0. The predicted molar refractivity (Wildman–Crippen MR) is 75.6 cm³/mol. The van der Waals surface area contributed by atoms with E-state index < -0.39 is 0 Å². The number of rotatable bonds is 3. The third-order valence-corrected chi connectivity index (χ3v) is 2.58. The molecule has 0 atom stereocenters. The molecule has 0 N–H and O–H groups in total. The van der Waals surface area contributed by atoms with Crippen LogP contribution in [0.2, 0.25) is 0 Å². The van der Waals surface area contributed by atoms with Gasteiger partial charge in [0.1, 0.15) is 0 Å². The number of hydrogen-bond donors (Lipinski definition) is 0. The molecule has 0 nitrogen and oxygen atoms in total. The molecule has 2 aromatic carbocycles. The highest BCUT2D eigenvalue weighted by atomic mass is 14.0. The first-order chi connectivity index (χ1) is 8.40. The quantitative estimate of drug-likeness (QED) is 0.514. The van der Waals surface area contributed by atoms with Gasteiger partial charge in [-0.1, -0.05) is 72.8 Å². The summed E-state index contributed by atoms with van der Waals surface area (Å²) in [6, 6.07) is 20.8. The molecule has 0 aliphatic rings. The molecule has 0 aliphatic carbocycles. The molecular formula is C17H16. The lowest BCUT2D eigenvalue weighted by molar-refractivity contribution is 1.60. The van der Waals surface area contributed by atoms with Crippen LogP contribution in [0.5, 0.6) is 0 Å². The minimum absolute atomic E-state index is 1.23. The van der Waals surface area contributed by atoms with Crippen LogP contribution in [0.1, 0.15) is 18.1 Å². The molecule has 0 fully saturated rings. The molecule has 0 heterocycles. The van der Waals surface area contributed by atoms with Gasteiger partial charge >= 0.3 is 0 Å². The largest absolute Gasteiger partial charge is 0.0870 e. The summed E-state index contributed by atoms with van der Waals surface area (Å²) in [5.41, 5.74) is 3.71. The Morgan fingerprint density at radius 2 is 1.41 bits per heavy atom. The highest BCUT2D eigenvalue weighted by molar-refractivity contribution is 5.87. The van der Waals surface area contributed by atoms with E-state index in [2.05, 4.69) is 66.8 Å². The summed E-state index contributed by atoms with van der Waals surface area (Å²) in [7, 11) is 0. The van der Waals surface area contributed by atoms with Crippen molar-refractivity contribution in [3.63, 3.8) is 0 Å². The van der Waals surface area contributed by atoms with Crippen molar-refractivity contribution >= 4 is 11.6 Å². The molecule has 2 rings (SSSR count). The minimum Gasteiger partial charge on any atom is -0.0870 e. The molecule has 0 aromatic heterocycles. The summed E-state index contributed by atoms with van der Waals surface area (Å²) < 4.78 is 0. The molecule has 84 valence electrons. The van der Waals surface area contributed by atoms with Crippen molar-refractivity contribution in [1.82, 2.24) is 0 Å². The van der Waals surface area contributed by atoms with Crippen LogP contribution in [0.4, 0.5) is 0 Å². The fraction of sp³-hybridized carbons (Fsp3) is 0.0588. The number of allylic oxidation sites excluding steroid dienone is 3. The molecule has 0 amide bonds. The average molecular weight is 220 g/mol. The van der Waals surface area contributed by atoms with E-state index in [4.69, 9.17) is 0 Å². The highest BCUT2D eigenvalue weighted by Crippen LogP contribution is 2.19. The Morgan fingerprint density at radius 1 is 0.824 bits per heavy atom. The van der Waals surface area contributed by atoms with Crippen molar-refractivity contribution in [3.05, 3.63) is 83.9 Å². The van der Waals surface area contributed by atoms with Gasteiger partial charge in [0.05, 0.1) is 0 Å². The second-order valence-corrected chi connectivity index (χ2v) is 3.88. The van der Waals surface area contributed by atoms with Gasteiger partial charge in [-0.15, -0.1) is 0 Å². The molecular weight excluding hydrogens is 204 g/mol. The van der Waals surface area contributed by atoms with Gasteiger partial charge in [0.15, 0.2) is 0 Å². The Bertz CT molecular complexity index is 504. The Kier molecular flexibility index (Phi) is 3.93. The van der Waals surface area contributed by atoms with E-state index in [1.807, 2.05) is 19.1 Å². The molecule has 0 radical (unpaired) electrons. The second-order valence-electron chi connectivity index (χ2n) is 3.88. The summed E-state index contributed by atoms with van der Waals surface area (Å²) in [4.78, 5) is 0. The molecule has 0 spiro atoms. The fourth-order valence-corrected chi connectivity index (χ4v) is 1.77. The first-order valence-electron chi connectivity index (χ1n) is 5.85. The first kappa shape index (κ1) is 11.4. The maximum Gasteiger partial charge on any atom is -0.0181 e. The summed E-state index contributed by atoms with van der Waals surface area (Å²) in [5, 5.41) is 0. The lowest BCUT2D eigenvalue weighted by atomic mass is 10.0. The predicted octanol–water partition coefficient (Wildman–Crippen LogP) is 4.80. The molecule has 0 bridgehead atoms. The molecule has 2 aromatic rings. The van der Waals surface area contributed by atoms with Gasteiger partial charge in [0.25, 0.3) is 0 Å². The smallest absolute Gasteiger partial charge is 0.0181 e. The van der Waals surface area contributed by atoms with Gasteiger partial charge in [0, 0.05) is 0 Å². The SMILES string of the molecule is C/C=C\C(=C\c1ccccc1)c1ccccc1. The Morgan fingerprint density at radius 3 is 2.00 bits per heavy atom. The van der Waals surface area contributed by atoms with Crippen molar-refractivity contribution < 1.29 is 0 Å². The molecule has 0 saturated heterocycles. The lowest BCUT2D eigenvalue weighted by Gasteiger charge is -2.02. The third-order valence-electron chi connectivity index (χ3n) is 2.58. The van der Waals surface area contributed by atoms with E-state index in [1.54, 1.807) is 0 Å². The van der Waals surface area contributed by atoms with E-state index in [0.717, 1.165) is 0 Å². The fourth-order valence-electron chi connectivity index (χ4n) is 1.77. The lowest BCUT2D eigenvalue weighted by Crippen LogP contribution is -1.80. The zero-order valence-corrected chi connectivity index (χ0v) is 10.0. The number of hydrogen-bond acceptors (Lipinski definition) is 0. The van der Waals surface area contributed by atoms with E-state index in [-0.39, 0.29) is 0 Å². The van der Waals surface area contributed by atoms with Crippen molar-refractivity contribution in [3.8, 4) is 0 Å². The zero-order valence-electron chi connectivity index (χ0n) is 10.0. The Hall–Kier alpha value is -2.08. The van der Waals surface area contributed by atoms with Crippen LogP contribution >= 0.6 is 0 Å².